The van der Waals surface area contributed by atoms with Gasteiger partial charge in [-0.3, -0.25) is 10.3 Å². The van der Waals surface area contributed by atoms with E-state index in [4.69, 9.17) is 4.74 Å². The number of rotatable bonds is 7. The van der Waals surface area contributed by atoms with Gasteiger partial charge in [-0.2, -0.15) is 0 Å². The molecule has 0 aliphatic heterocycles. The smallest absolute Gasteiger partial charge is 0.321 e. The Morgan fingerprint density at radius 1 is 1.32 bits per heavy atom. The number of ether oxygens (including phenoxy) is 1. The maximum Gasteiger partial charge on any atom is 0.321 e. The first-order valence-corrected chi connectivity index (χ1v) is 9.82. The van der Waals surface area contributed by atoms with Crippen LogP contribution in [-0.2, 0) is 6.42 Å². The van der Waals surface area contributed by atoms with Crippen LogP contribution in [0.15, 0.2) is 42.1 Å². The van der Waals surface area contributed by atoms with E-state index in [1.807, 2.05) is 0 Å². The van der Waals surface area contributed by atoms with Gasteiger partial charge in [-0.05, 0) is 31.3 Å². The van der Waals surface area contributed by atoms with Crippen LogP contribution in [0.3, 0.4) is 0 Å². The van der Waals surface area contributed by atoms with Gasteiger partial charge in [0, 0.05) is 24.4 Å². The molecule has 2 aliphatic rings. The Morgan fingerprint density at radius 2 is 2.21 bits per heavy atom. The molecule has 0 bridgehead atoms. The molecular weight excluding hydrogens is 383 g/mol. The molecule has 0 saturated heterocycles. The molecule has 1 fully saturated rings. The lowest BCUT2D eigenvalue weighted by Gasteiger charge is -2.20. The summed E-state index contributed by atoms with van der Waals surface area (Å²) in [5, 5.41) is 15.0. The van der Waals surface area contributed by atoms with Gasteiger partial charge in [-0.15, -0.1) is 10.2 Å². The highest BCUT2D eigenvalue weighted by molar-refractivity contribution is 7.15. The molecule has 0 spiro atoms. The zero-order valence-electron chi connectivity index (χ0n) is 15.0. The quantitative estimate of drug-likeness (QED) is 0.738. The summed E-state index contributed by atoms with van der Waals surface area (Å²) < 4.78 is 19.5. The highest BCUT2D eigenvalue weighted by Gasteiger charge is 2.24. The molecule has 2 N–H and O–H groups in total. The number of nitrogens with zero attached hydrogens (tertiary/aromatic N) is 4. The average Bonchev–Trinajstić information content (AvgIpc) is 3.40. The Morgan fingerprint density at radius 3 is 3.00 bits per heavy atom. The predicted octanol–water partition coefficient (Wildman–Crippen LogP) is 3.03. The molecule has 2 heterocycles. The van der Waals surface area contributed by atoms with Gasteiger partial charge in [0.25, 0.3) is 0 Å². The first-order valence-electron chi connectivity index (χ1n) is 9.00. The van der Waals surface area contributed by atoms with Crippen LogP contribution in [0.2, 0.25) is 0 Å². The Hall–Kier alpha value is -2.88. The number of halogens is 1. The molecule has 8 nitrogen and oxygen atoms in total. The predicted molar refractivity (Wildman–Crippen MR) is 102 cm³/mol. The van der Waals surface area contributed by atoms with Crippen molar-refractivity contribution in [1.29, 1.82) is 0 Å². The number of hydrogen-bond donors (Lipinski definition) is 2. The fourth-order valence-corrected chi connectivity index (χ4v) is 3.60. The summed E-state index contributed by atoms with van der Waals surface area (Å²) in [5.74, 6) is 0.667. The molecule has 0 aromatic carbocycles. The number of hydrogen-bond acceptors (Lipinski definition) is 7. The third kappa shape index (κ3) is 5.10. The largest absolute Gasteiger partial charge is 0.472 e. The minimum atomic E-state index is -0.403. The van der Waals surface area contributed by atoms with E-state index in [0.717, 1.165) is 11.4 Å². The SMILES string of the molecule is O=C(Nc1nnc(CC2CC2)s1)NC1C=CC(F)=C(COc2cnccn2)C1. The second-order valence-electron chi connectivity index (χ2n) is 6.70. The van der Waals surface area contributed by atoms with Crippen molar-refractivity contribution in [2.24, 2.45) is 5.92 Å². The van der Waals surface area contributed by atoms with Gasteiger partial charge in [0.2, 0.25) is 11.0 Å². The third-order valence-corrected chi connectivity index (χ3v) is 5.24. The molecule has 1 atom stereocenters. The summed E-state index contributed by atoms with van der Waals surface area (Å²) in [6, 6.07) is -0.751. The van der Waals surface area contributed by atoms with Crippen molar-refractivity contribution in [3.63, 3.8) is 0 Å². The number of urea groups is 1. The number of allylic oxidation sites excluding steroid dienone is 2. The summed E-state index contributed by atoms with van der Waals surface area (Å²) in [6.45, 7) is 0.0373. The maximum atomic E-state index is 14.1. The molecule has 4 rings (SSSR count). The molecule has 146 valence electrons. The second kappa shape index (κ2) is 8.42. The maximum absolute atomic E-state index is 14.1. The molecule has 2 aliphatic carbocycles. The van der Waals surface area contributed by atoms with Crippen LogP contribution in [0.1, 0.15) is 24.3 Å². The molecule has 1 unspecified atom stereocenters. The van der Waals surface area contributed by atoms with Crippen LogP contribution < -0.4 is 15.4 Å². The van der Waals surface area contributed by atoms with E-state index in [1.54, 1.807) is 6.08 Å². The second-order valence-corrected chi connectivity index (χ2v) is 7.76. The highest BCUT2D eigenvalue weighted by atomic mass is 32.1. The van der Waals surface area contributed by atoms with E-state index >= 15 is 0 Å². The van der Waals surface area contributed by atoms with Crippen molar-refractivity contribution < 1.29 is 13.9 Å². The minimum Gasteiger partial charge on any atom is -0.472 e. The van der Waals surface area contributed by atoms with Crippen LogP contribution in [0, 0.1) is 5.92 Å². The number of amides is 2. The summed E-state index contributed by atoms with van der Waals surface area (Å²) in [7, 11) is 0. The van der Waals surface area contributed by atoms with Crippen molar-refractivity contribution >= 4 is 22.5 Å². The number of carbonyl (C=O) groups is 1. The lowest BCUT2D eigenvalue weighted by atomic mass is 10.0. The van der Waals surface area contributed by atoms with Crippen molar-refractivity contribution in [3.05, 3.63) is 47.2 Å². The molecule has 1 saturated carbocycles. The van der Waals surface area contributed by atoms with E-state index in [-0.39, 0.29) is 18.5 Å². The zero-order valence-corrected chi connectivity index (χ0v) is 15.8. The lowest BCUT2D eigenvalue weighted by Crippen LogP contribution is -2.38. The summed E-state index contributed by atoms with van der Waals surface area (Å²) in [4.78, 5) is 20.1. The summed E-state index contributed by atoms with van der Waals surface area (Å²) in [6.07, 6.45) is 11.1. The molecule has 2 aromatic heterocycles. The van der Waals surface area contributed by atoms with E-state index in [1.165, 1.54) is 48.8 Å². The Balaban J connectivity index is 1.27. The van der Waals surface area contributed by atoms with Crippen molar-refractivity contribution in [1.82, 2.24) is 25.5 Å². The van der Waals surface area contributed by atoms with Gasteiger partial charge < -0.3 is 10.1 Å². The van der Waals surface area contributed by atoms with Crippen molar-refractivity contribution in [3.8, 4) is 5.88 Å². The van der Waals surface area contributed by atoms with Crippen molar-refractivity contribution in [2.45, 2.75) is 31.7 Å². The average molecular weight is 402 g/mol. The van der Waals surface area contributed by atoms with E-state index in [0.29, 0.717) is 28.9 Å². The van der Waals surface area contributed by atoms with Gasteiger partial charge >= 0.3 is 6.03 Å². The fourth-order valence-electron chi connectivity index (χ4n) is 2.75. The highest BCUT2D eigenvalue weighted by Crippen LogP contribution is 2.33. The fraction of sp³-hybridized carbons (Fsp3) is 0.389. The molecule has 10 heteroatoms. The topological polar surface area (TPSA) is 102 Å². The van der Waals surface area contributed by atoms with Crippen LogP contribution >= 0.6 is 11.3 Å². The number of nitrogens with one attached hydrogen (secondary N) is 2. The van der Waals surface area contributed by atoms with Gasteiger partial charge in [-0.1, -0.05) is 17.4 Å². The van der Waals surface area contributed by atoms with Crippen molar-refractivity contribution in [2.75, 3.05) is 11.9 Å². The van der Waals surface area contributed by atoms with E-state index in [9.17, 15) is 9.18 Å². The standard InChI is InChI=1S/C18H19FN6O2S/c19-14-4-3-13(8-12(14)10-27-15-9-20-5-6-21-15)22-17(26)23-18-25-24-16(28-18)7-11-1-2-11/h3-6,9,11,13H,1-2,7-8,10H2,(H2,22,23,25,26). The lowest BCUT2D eigenvalue weighted by molar-refractivity contribution is 0.249. The van der Waals surface area contributed by atoms with Crippen LogP contribution in [0.5, 0.6) is 5.88 Å². The Bertz CT molecular complexity index is 896. The van der Waals surface area contributed by atoms with Crippen LogP contribution in [0.25, 0.3) is 0 Å². The van der Waals surface area contributed by atoms with Gasteiger partial charge in [0.1, 0.15) is 17.4 Å². The summed E-state index contributed by atoms with van der Waals surface area (Å²) >= 11 is 1.38. The molecule has 2 amide bonds. The molecule has 28 heavy (non-hydrogen) atoms. The summed E-state index contributed by atoms with van der Waals surface area (Å²) in [5.41, 5.74) is 0.445. The Labute approximate surface area is 165 Å². The van der Waals surface area contributed by atoms with Gasteiger partial charge in [0.05, 0.1) is 12.2 Å². The third-order valence-electron chi connectivity index (χ3n) is 4.38. The van der Waals surface area contributed by atoms with Crippen LogP contribution in [0.4, 0.5) is 14.3 Å². The van der Waals surface area contributed by atoms with E-state index < -0.39 is 6.03 Å². The molecule has 0 radical (unpaired) electrons. The number of aromatic nitrogens is 4. The first kappa shape index (κ1) is 18.5. The Kier molecular flexibility index (Phi) is 5.56. The number of carbonyl (C=O) groups excluding carboxylic acids is 1. The van der Waals surface area contributed by atoms with Crippen LogP contribution in [-0.4, -0.2) is 38.8 Å². The molecule has 2 aromatic rings. The zero-order chi connectivity index (χ0) is 19.3. The van der Waals surface area contributed by atoms with Gasteiger partial charge in [0.15, 0.2) is 0 Å². The molecular formula is C18H19FN6O2S. The minimum absolute atomic E-state index is 0.0373. The first-order chi connectivity index (χ1) is 13.7. The number of anilines is 1. The van der Waals surface area contributed by atoms with Gasteiger partial charge in [-0.25, -0.2) is 14.2 Å². The van der Waals surface area contributed by atoms with E-state index in [2.05, 4.69) is 30.8 Å². The normalized spacial score (nSPS) is 18.8. The monoisotopic (exact) mass is 402 g/mol.